The minimum Gasteiger partial charge on any atom is -0.325 e. The number of benzene rings is 1. The number of rotatable bonds is 6. The number of carbonyl (C=O) groups excluding carboxylic acids is 1. The first-order valence-corrected chi connectivity index (χ1v) is 7.40. The zero-order chi connectivity index (χ0) is 14.5. The summed E-state index contributed by atoms with van der Waals surface area (Å²) in [6, 6.07) is 10.1. The molecule has 1 aromatic carbocycles. The molecule has 4 nitrogen and oxygen atoms in total. The van der Waals surface area contributed by atoms with E-state index >= 15 is 0 Å². The summed E-state index contributed by atoms with van der Waals surface area (Å²) < 4.78 is 0. The quantitative estimate of drug-likeness (QED) is 0.851. The van der Waals surface area contributed by atoms with Crippen molar-refractivity contribution in [2.75, 3.05) is 26.7 Å². The molecule has 1 fully saturated rings. The molecule has 2 unspecified atom stereocenters. The largest absolute Gasteiger partial charge is 0.325 e. The second kappa shape index (κ2) is 6.86. The average Bonchev–Trinajstić information content (AvgIpc) is 2.72. The van der Waals surface area contributed by atoms with Gasteiger partial charge in [-0.1, -0.05) is 37.3 Å². The Kier molecular flexibility index (Phi) is 5.15. The van der Waals surface area contributed by atoms with E-state index < -0.39 is 0 Å². The number of hydrogen-bond acceptors (Lipinski definition) is 3. The summed E-state index contributed by atoms with van der Waals surface area (Å²) in [6.45, 7) is 6.92. The highest BCUT2D eigenvalue weighted by Gasteiger charge is 2.35. The molecule has 1 aliphatic rings. The van der Waals surface area contributed by atoms with Crippen LogP contribution in [-0.4, -0.2) is 54.6 Å². The molecule has 110 valence electrons. The number of amides is 1. The molecule has 0 bridgehead atoms. The summed E-state index contributed by atoms with van der Waals surface area (Å²) in [6.07, 6.45) is 0.894. The van der Waals surface area contributed by atoms with E-state index in [-0.39, 0.29) is 18.1 Å². The van der Waals surface area contributed by atoms with Crippen molar-refractivity contribution in [1.29, 1.82) is 0 Å². The van der Waals surface area contributed by atoms with Crippen molar-refractivity contribution in [2.24, 2.45) is 0 Å². The predicted octanol–water partition coefficient (Wildman–Crippen LogP) is 1.33. The highest BCUT2D eigenvalue weighted by Crippen LogP contribution is 2.14. The molecule has 0 spiro atoms. The fourth-order valence-corrected chi connectivity index (χ4v) is 2.58. The number of nitrogens with zero attached hydrogens (tertiary/aromatic N) is 2. The molecular formula is C16H25N3O. The Labute approximate surface area is 121 Å². The van der Waals surface area contributed by atoms with Gasteiger partial charge in [-0.2, -0.15) is 0 Å². The maximum Gasteiger partial charge on any atom is 0.241 e. The van der Waals surface area contributed by atoms with Crippen LogP contribution in [0.5, 0.6) is 0 Å². The summed E-state index contributed by atoms with van der Waals surface area (Å²) in [5, 5.41) is 3.40. The van der Waals surface area contributed by atoms with Gasteiger partial charge in [-0.15, -0.1) is 0 Å². The minimum atomic E-state index is -0.0840. The molecule has 0 radical (unpaired) electrons. The summed E-state index contributed by atoms with van der Waals surface area (Å²) in [7, 11) is 2.08. The maximum atomic E-state index is 12.5. The zero-order valence-electron chi connectivity index (χ0n) is 12.7. The molecule has 1 heterocycles. The van der Waals surface area contributed by atoms with Gasteiger partial charge < -0.3 is 9.80 Å². The van der Waals surface area contributed by atoms with Crippen LogP contribution in [0.15, 0.2) is 30.3 Å². The highest BCUT2D eigenvalue weighted by atomic mass is 16.2. The van der Waals surface area contributed by atoms with Gasteiger partial charge >= 0.3 is 0 Å². The Morgan fingerprint density at radius 2 is 2.00 bits per heavy atom. The van der Waals surface area contributed by atoms with Crippen LogP contribution in [-0.2, 0) is 11.2 Å². The first-order valence-electron chi connectivity index (χ1n) is 7.40. The molecule has 2 rings (SSSR count). The van der Waals surface area contributed by atoms with Gasteiger partial charge in [-0.3, -0.25) is 10.1 Å². The Morgan fingerprint density at radius 3 is 2.65 bits per heavy atom. The normalized spacial score (nSPS) is 22.8. The summed E-state index contributed by atoms with van der Waals surface area (Å²) in [5.41, 5.74) is 1.21. The molecule has 1 N–H and O–H groups in total. The molecule has 1 amide bonds. The van der Waals surface area contributed by atoms with Gasteiger partial charge in [0.1, 0.15) is 0 Å². The Hall–Kier alpha value is -1.39. The Bertz CT molecular complexity index is 435. The fourth-order valence-electron chi connectivity index (χ4n) is 2.58. The molecule has 0 aromatic heterocycles. The van der Waals surface area contributed by atoms with Crippen LogP contribution in [0.2, 0.25) is 0 Å². The molecule has 4 heteroatoms. The van der Waals surface area contributed by atoms with E-state index in [1.54, 1.807) is 0 Å². The van der Waals surface area contributed by atoms with E-state index in [0.29, 0.717) is 0 Å². The van der Waals surface area contributed by atoms with Crippen LogP contribution in [0.3, 0.4) is 0 Å². The minimum absolute atomic E-state index is 0.0840. The Morgan fingerprint density at radius 1 is 1.30 bits per heavy atom. The van der Waals surface area contributed by atoms with E-state index in [4.69, 9.17) is 0 Å². The number of hydrogen-bond donors (Lipinski definition) is 1. The van der Waals surface area contributed by atoms with Crippen molar-refractivity contribution >= 4 is 5.91 Å². The van der Waals surface area contributed by atoms with E-state index in [1.165, 1.54) is 5.56 Å². The number of likely N-dealkylation sites (N-methyl/N-ethyl adjacent to an activating group) is 1. The third-order valence-electron chi connectivity index (χ3n) is 4.04. The molecule has 0 aliphatic carbocycles. The molecule has 1 aromatic rings. The molecule has 2 atom stereocenters. The Balaban J connectivity index is 1.93. The molecule has 0 saturated carbocycles. The lowest BCUT2D eigenvalue weighted by Crippen LogP contribution is -2.40. The van der Waals surface area contributed by atoms with E-state index in [0.717, 1.165) is 26.1 Å². The SMILES string of the molecule is CCN(C)CCN1C(=O)C(Cc2ccccc2)NC1C. The first-order chi connectivity index (χ1) is 9.61. The summed E-state index contributed by atoms with van der Waals surface area (Å²) in [4.78, 5) is 16.7. The second-order valence-corrected chi connectivity index (χ2v) is 5.51. The predicted molar refractivity (Wildman–Crippen MR) is 81.4 cm³/mol. The lowest BCUT2D eigenvalue weighted by atomic mass is 10.1. The number of carbonyl (C=O) groups is 1. The van der Waals surface area contributed by atoms with E-state index in [9.17, 15) is 4.79 Å². The average molecular weight is 275 g/mol. The van der Waals surface area contributed by atoms with Gasteiger partial charge in [0.05, 0.1) is 12.2 Å². The van der Waals surface area contributed by atoms with Crippen LogP contribution in [0.1, 0.15) is 19.4 Å². The van der Waals surface area contributed by atoms with Crippen molar-refractivity contribution in [3.63, 3.8) is 0 Å². The first kappa shape index (κ1) is 15.0. The standard InChI is InChI=1S/C16H25N3O/c1-4-18(3)10-11-19-13(2)17-15(16(19)20)12-14-8-6-5-7-9-14/h5-9,13,15,17H,4,10-12H2,1-3H3. The topological polar surface area (TPSA) is 35.6 Å². The second-order valence-electron chi connectivity index (χ2n) is 5.51. The monoisotopic (exact) mass is 275 g/mol. The van der Waals surface area contributed by atoms with E-state index in [2.05, 4.69) is 43.2 Å². The lowest BCUT2D eigenvalue weighted by molar-refractivity contribution is -0.130. The van der Waals surface area contributed by atoms with E-state index in [1.807, 2.05) is 23.1 Å². The van der Waals surface area contributed by atoms with Crippen molar-refractivity contribution in [2.45, 2.75) is 32.5 Å². The van der Waals surface area contributed by atoms with Crippen molar-refractivity contribution in [1.82, 2.24) is 15.1 Å². The van der Waals surface area contributed by atoms with Crippen molar-refractivity contribution in [3.8, 4) is 0 Å². The van der Waals surface area contributed by atoms with Gasteiger partial charge in [-0.25, -0.2) is 0 Å². The highest BCUT2D eigenvalue weighted by molar-refractivity contribution is 5.84. The van der Waals surface area contributed by atoms with Gasteiger partial charge in [-0.05, 0) is 32.5 Å². The van der Waals surface area contributed by atoms with Gasteiger partial charge in [0, 0.05) is 13.1 Å². The van der Waals surface area contributed by atoms with Crippen LogP contribution >= 0.6 is 0 Å². The van der Waals surface area contributed by atoms with Crippen molar-refractivity contribution < 1.29 is 4.79 Å². The lowest BCUT2D eigenvalue weighted by Gasteiger charge is -2.23. The molecule has 20 heavy (non-hydrogen) atoms. The van der Waals surface area contributed by atoms with Gasteiger partial charge in [0.2, 0.25) is 5.91 Å². The smallest absolute Gasteiger partial charge is 0.241 e. The molecular weight excluding hydrogens is 250 g/mol. The summed E-state index contributed by atoms with van der Waals surface area (Å²) in [5.74, 6) is 0.228. The van der Waals surface area contributed by atoms with Crippen LogP contribution in [0.25, 0.3) is 0 Å². The molecule has 1 aliphatic heterocycles. The zero-order valence-corrected chi connectivity index (χ0v) is 12.7. The van der Waals surface area contributed by atoms with Crippen LogP contribution in [0.4, 0.5) is 0 Å². The third kappa shape index (κ3) is 3.58. The third-order valence-corrected chi connectivity index (χ3v) is 4.04. The number of nitrogens with one attached hydrogen (secondary N) is 1. The fraction of sp³-hybridized carbons (Fsp3) is 0.562. The van der Waals surface area contributed by atoms with Gasteiger partial charge in [0.25, 0.3) is 0 Å². The van der Waals surface area contributed by atoms with Crippen LogP contribution in [0, 0.1) is 0 Å². The van der Waals surface area contributed by atoms with Crippen molar-refractivity contribution in [3.05, 3.63) is 35.9 Å². The summed E-state index contributed by atoms with van der Waals surface area (Å²) >= 11 is 0. The van der Waals surface area contributed by atoms with Crippen LogP contribution < -0.4 is 5.32 Å². The molecule has 1 saturated heterocycles. The van der Waals surface area contributed by atoms with Gasteiger partial charge in [0.15, 0.2) is 0 Å². The maximum absolute atomic E-state index is 12.5.